The molecule has 1 aliphatic rings. The van der Waals surface area contributed by atoms with Crippen LogP contribution in [0.2, 0.25) is 0 Å². The van der Waals surface area contributed by atoms with E-state index in [-0.39, 0.29) is 5.91 Å². The molecule has 0 aliphatic heterocycles. The predicted molar refractivity (Wildman–Crippen MR) is 80.8 cm³/mol. The van der Waals surface area contributed by atoms with E-state index < -0.39 is 0 Å². The summed E-state index contributed by atoms with van der Waals surface area (Å²) in [6.45, 7) is 3.13. The molecule has 0 heterocycles. The number of ether oxygens (including phenoxy) is 1. The van der Waals surface area contributed by atoms with Crippen LogP contribution in [0, 0.1) is 5.92 Å². The largest absolute Gasteiger partial charge is 0.381 e. The molecule has 0 spiro atoms. The number of aliphatic imine (C=N–C) groups is 1. The first-order chi connectivity index (χ1) is 9.63. The number of hydrogen-bond acceptors (Lipinski definition) is 3. The molecule has 1 rings (SSSR count). The van der Waals surface area contributed by atoms with Crippen LogP contribution < -0.4 is 10.6 Å². The van der Waals surface area contributed by atoms with Crippen molar-refractivity contribution in [3.63, 3.8) is 0 Å². The Balaban J connectivity index is 1.96. The summed E-state index contributed by atoms with van der Waals surface area (Å²) < 4.78 is 5.56. The summed E-state index contributed by atoms with van der Waals surface area (Å²) >= 11 is 0. The lowest BCUT2D eigenvalue weighted by atomic mass is 10.4. The van der Waals surface area contributed by atoms with Gasteiger partial charge in [0.15, 0.2) is 5.96 Å². The Morgan fingerprint density at radius 3 is 2.60 bits per heavy atom. The van der Waals surface area contributed by atoms with Gasteiger partial charge in [-0.3, -0.25) is 9.79 Å². The minimum absolute atomic E-state index is 0.112. The van der Waals surface area contributed by atoms with Crippen molar-refractivity contribution in [2.45, 2.75) is 25.7 Å². The molecule has 20 heavy (non-hydrogen) atoms. The average Bonchev–Trinajstić information content (AvgIpc) is 3.24. The van der Waals surface area contributed by atoms with Gasteiger partial charge in [0.1, 0.15) is 0 Å². The predicted octanol–water partition coefficient (Wildman–Crippen LogP) is 0.446. The minimum atomic E-state index is 0.112. The topological polar surface area (TPSA) is 66.0 Å². The van der Waals surface area contributed by atoms with E-state index in [9.17, 15) is 4.79 Å². The highest BCUT2D eigenvalue weighted by Crippen LogP contribution is 2.28. The molecule has 6 heteroatoms. The second kappa shape index (κ2) is 9.58. The fraction of sp³-hybridized carbons (Fsp3) is 0.857. The van der Waals surface area contributed by atoms with Crippen molar-refractivity contribution in [1.29, 1.82) is 0 Å². The van der Waals surface area contributed by atoms with Crippen molar-refractivity contribution in [3.05, 3.63) is 0 Å². The van der Waals surface area contributed by atoms with Gasteiger partial charge >= 0.3 is 0 Å². The average molecular weight is 284 g/mol. The van der Waals surface area contributed by atoms with Crippen molar-refractivity contribution in [2.24, 2.45) is 10.9 Å². The van der Waals surface area contributed by atoms with Crippen LogP contribution in [0.1, 0.15) is 25.7 Å². The van der Waals surface area contributed by atoms with Crippen molar-refractivity contribution in [3.8, 4) is 0 Å². The molecule has 0 unspecified atom stereocenters. The molecule has 0 aromatic heterocycles. The number of carbonyl (C=O) groups is 1. The monoisotopic (exact) mass is 284 g/mol. The highest BCUT2D eigenvalue weighted by molar-refractivity contribution is 5.81. The van der Waals surface area contributed by atoms with E-state index in [1.165, 1.54) is 12.8 Å². The summed E-state index contributed by atoms with van der Waals surface area (Å²) in [6, 6.07) is 0. The fourth-order valence-corrected chi connectivity index (χ4v) is 1.65. The van der Waals surface area contributed by atoms with Crippen molar-refractivity contribution < 1.29 is 9.53 Å². The third-order valence-corrected chi connectivity index (χ3v) is 3.16. The first-order valence-electron chi connectivity index (χ1n) is 7.36. The number of nitrogens with zero attached hydrogens (tertiary/aromatic N) is 2. The molecule has 116 valence electrons. The van der Waals surface area contributed by atoms with Gasteiger partial charge in [-0.2, -0.15) is 0 Å². The van der Waals surface area contributed by atoms with Crippen LogP contribution in [0.15, 0.2) is 4.99 Å². The summed E-state index contributed by atoms with van der Waals surface area (Å²) in [5.41, 5.74) is 0. The van der Waals surface area contributed by atoms with Gasteiger partial charge in [0.25, 0.3) is 0 Å². The second-order valence-corrected chi connectivity index (χ2v) is 5.34. The molecule has 1 fully saturated rings. The molecule has 2 N–H and O–H groups in total. The van der Waals surface area contributed by atoms with E-state index in [1.54, 1.807) is 26.0 Å². The molecule has 1 amide bonds. The van der Waals surface area contributed by atoms with Gasteiger partial charge < -0.3 is 20.3 Å². The number of amides is 1. The van der Waals surface area contributed by atoms with Crippen LogP contribution in [-0.2, 0) is 9.53 Å². The Kier molecular flexibility index (Phi) is 8.02. The van der Waals surface area contributed by atoms with Crippen molar-refractivity contribution in [1.82, 2.24) is 15.5 Å². The maximum Gasteiger partial charge on any atom is 0.223 e. The molecule has 0 radical (unpaired) electrons. The zero-order chi connectivity index (χ0) is 14.8. The van der Waals surface area contributed by atoms with Gasteiger partial charge in [-0.25, -0.2) is 0 Å². The number of guanidine groups is 1. The summed E-state index contributed by atoms with van der Waals surface area (Å²) in [4.78, 5) is 17.1. The summed E-state index contributed by atoms with van der Waals surface area (Å²) in [5, 5.41) is 6.34. The lowest BCUT2D eigenvalue weighted by Gasteiger charge is -2.13. The van der Waals surface area contributed by atoms with Crippen LogP contribution in [0.25, 0.3) is 0 Å². The van der Waals surface area contributed by atoms with E-state index in [0.29, 0.717) is 13.0 Å². The van der Waals surface area contributed by atoms with E-state index in [2.05, 4.69) is 15.6 Å². The van der Waals surface area contributed by atoms with Gasteiger partial charge in [0, 0.05) is 53.9 Å². The van der Waals surface area contributed by atoms with Crippen molar-refractivity contribution >= 4 is 11.9 Å². The lowest BCUT2D eigenvalue weighted by Crippen LogP contribution is -2.39. The third-order valence-electron chi connectivity index (χ3n) is 3.16. The molecule has 0 aromatic rings. The number of rotatable bonds is 9. The first-order valence-corrected chi connectivity index (χ1v) is 7.36. The van der Waals surface area contributed by atoms with Crippen LogP contribution in [0.5, 0.6) is 0 Å². The molecule has 0 bridgehead atoms. The second-order valence-electron chi connectivity index (χ2n) is 5.34. The van der Waals surface area contributed by atoms with E-state index in [0.717, 1.165) is 38.1 Å². The maximum absolute atomic E-state index is 11.4. The highest BCUT2D eigenvalue weighted by atomic mass is 16.5. The van der Waals surface area contributed by atoms with Gasteiger partial charge in [-0.1, -0.05) is 0 Å². The molecule has 0 saturated heterocycles. The normalized spacial score (nSPS) is 15.1. The van der Waals surface area contributed by atoms with Crippen LogP contribution in [-0.4, -0.2) is 64.2 Å². The minimum Gasteiger partial charge on any atom is -0.381 e. The molecule has 0 atom stereocenters. The van der Waals surface area contributed by atoms with Gasteiger partial charge in [0.05, 0.1) is 0 Å². The molecular formula is C14H28N4O2. The standard InChI is InChI=1S/C14H28N4O2/c1-15-14(17-9-7-13(19)18(2)3)16-8-4-10-20-11-12-5-6-12/h12H,4-11H2,1-3H3,(H2,15,16,17). The molecular weight excluding hydrogens is 256 g/mol. The number of nitrogens with one attached hydrogen (secondary N) is 2. The molecule has 1 saturated carbocycles. The van der Waals surface area contributed by atoms with E-state index >= 15 is 0 Å². The van der Waals surface area contributed by atoms with Crippen LogP contribution >= 0.6 is 0 Å². The quantitative estimate of drug-likeness (QED) is 0.366. The lowest BCUT2D eigenvalue weighted by molar-refractivity contribution is -0.128. The summed E-state index contributed by atoms with van der Waals surface area (Å²) in [5.74, 6) is 1.67. The Labute approximate surface area is 122 Å². The zero-order valence-electron chi connectivity index (χ0n) is 12.9. The maximum atomic E-state index is 11.4. The SMILES string of the molecule is CN=C(NCCCOCC1CC1)NCCC(=O)N(C)C. The van der Waals surface area contributed by atoms with Gasteiger partial charge in [-0.05, 0) is 25.2 Å². The number of carbonyl (C=O) groups excluding carboxylic acids is 1. The Bertz CT molecular complexity index is 314. The Hall–Kier alpha value is -1.30. The van der Waals surface area contributed by atoms with Crippen LogP contribution in [0.4, 0.5) is 0 Å². The first kappa shape index (κ1) is 16.8. The molecule has 6 nitrogen and oxygen atoms in total. The Morgan fingerprint density at radius 2 is 2.00 bits per heavy atom. The van der Waals surface area contributed by atoms with Gasteiger partial charge in [0.2, 0.25) is 5.91 Å². The molecule has 1 aliphatic carbocycles. The highest BCUT2D eigenvalue weighted by Gasteiger charge is 2.20. The third kappa shape index (κ3) is 7.99. The van der Waals surface area contributed by atoms with E-state index in [4.69, 9.17) is 4.74 Å². The van der Waals surface area contributed by atoms with E-state index in [1.807, 2.05) is 0 Å². The number of hydrogen-bond donors (Lipinski definition) is 2. The Morgan fingerprint density at radius 1 is 1.30 bits per heavy atom. The van der Waals surface area contributed by atoms with Crippen molar-refractivity contribution in [2.75, 3.05) is 47.4 Å². The molecule has 0 aromatic carbocycles. The van der Waals surface area contributed by atoms with Crippen LogP contribution in [0.3, 0.4) is 0 Å². The summed E-state index contributed by atoms with van der Waals surface area (Å²) in [6.07, 6.45) is 4.10. The zero-order valence-corrected chi connectivity index (χ0v) is 12.9. The van der Waals surface area contributed by atoms with Gasteiger partial charge in [-0.15, -0.1) is 0 Å². The summed E-state index contributed by atoms with van der Waals surface area (Å²) in [7, 11) is 5.25. The fourth-order valence-electron chi connectivity index (χ4n) is 1.65. The smallest absolute Gasteiger partial charge is 0.223 e.